The van der Waals surface area contributed by atoms with Gasteiger partial charge >= 0.3 is 0 Å². The fourth-order valence-corrected chi connectivity index (χ4v) is 2.22. The summed E-state index contributed by atoms with van der Waals surface area (Å²) in [6.07, 6.45) is 0. The molecular weight excluding hydrogens is 312 g/mol. The maximum Gasteiger partial charge on any atom is 0.166 e. The number of anilines is 1. The van der Waals surface area contributed by atoms with E-state index in [1.54, 1.807) is 18.2 Å². The van der Waals surface area contributed by atoms with Gasteiger partial charge in [-0.1, -0.05) is 34.8 Å². The van der Waals surface area contributed by atoms with Crippen LogP contribution in [0.15, 0.2) is 30.3 Å². The minimum Gasteiger partial charge on any atom is -0.505 e. The van der Waals surface area contributed by atoms with E-state index in [4.69, 9.17) is 39.9 Å². The molecule has 2 aromatic carbocycles. The van der Waals surface area contributed by atoms with Crippen LogP contribution in [0.1, 0.15) is 5.56 Å². The topological polar surface area (TPSA) is 32.3 Å². The van der Waals surface area contributed by atoms with Crippen molar-refractivity contribution in [2.75, 3.05) is 5.32 Å². The molecule has 0 saturated carbocycles. The summed E-state index contributed by atoms with van der Waals surface area (Å²) in [5.41, 5.74) is 1.13. The summed E-state index contributed by atoms with van der Waals surface area (Å²) in [6.45, 7) is 0.294. The van der Waals surface area contributed by atoms with Gasteiger partial charge < -0.3 is 10.4 Å². The van der Waals surface area contributed by atoms with Crippen molar-refractivity contribution in [3.05, 3.63) is 56.8 Å². The fraction of sp³-hybridized carbons (Fsp3) is 0.0769. The zero-order valence-corrected chi connectivity index (χ0v) is 11.8. The Morgan fingerprint density at radius 1 is 1.05 bits per heavy atom. The lowest BCUT2D eigenvalue weighted by Gasteiger charge is -2.11. The van der Waals surface area contributed by atoms with Crippen LogP contribution >= 0.6 is 34.8 Å². The van der Waals surface area contributed by atoms with E-state index in [-0.39, 0.29) is 0 Å². The van der Waals surface area contributed by atoms with Gasteiger partial charge in [0.15, 0.2) is 11.6 Å². The van der Waals surface area contributed by atoms with Crippen LogP contribution in [0.2, 0.25) is 15.1 Å². The normalized spacial score (nSPS) is 10.5. The number of rotatable bonds is 3. The maximum absolute atomic E-state index is 13.2. The van der Waals surface area contributed by atoms with Crippen LogP contribution < -0.4 is 5.32 Å². The fourth-order valence-electron chi connectivity index (χ4n) is 1.54. The maximum atomic E-state index is 13.2. The van der Waals surface area contributed by atoms with Crippen molar-refractivity contribution in [1.29, 1.82) is 0 Å². The smallest absolute Gasteiger partial charge is 0.166 e. The second kappa shape index (κ2) is 5.87. The van der Waals surface area contributed by atoms with Crippen molar-refractivity contribution >= 4 is 40.5 Å². The molecule has 2 aromatic rings. The third kappa shape index (κ3) is 3.24. The lowest BCUT2D eigenvalue weighted by Crippen LogP contribution is -2.01. The quantitative estimate of drug-likeness (QED) is 0.609. The van der Waals surface area contributed by atoms with Gasteiger partial charge in [-0.25, -0.2) is 4.39 Å². The van der Waals surface area contributed by atoms with Crippen molar-refractivity contribution in [2.45, 2.75) is 6.54 Å². The summed E-state index contributed by atoms with van der Waals surface area (Å²) >= 11 is 18.0. The monoisotopic (exact) mass is 319 g/mol. The van der Waals surface area contributed by atoms with Crippen molar-refractivity contribution < 1.29 is 9.50 Å². The molecule has 0 unspecified atom stereocenters. The number of halogens is 4. The zero-order valence-electron chi connectivity index (χ0n) is 9.55. The van der Waals surface area contributed by atoms with E-state index in [0.29, 0.717) is 32.9 Å². The molecule has 2 N–H and O–H groups in total. The lowest BCUT2D eigenvalue weighted by molar-refractivity contribution is 0.432. The minimum atomic E-state index is -0.701. The Kier molecular flexibility index (Phi) is 4.40. The standard InChI is InChI=1S/C13H9Cl3FNO/c14-9-2-3-10(15)13(16)8(9)6-18-7-1-4-12(19)11(17)5-7/h1-5,18-19H,6H2. The average Bonchev–Trinajstić information content (AvgIpc) is 2.38. The molecule has 0 aliphatic rings. The lowest BCUT2D eigenvalue weighted by atomic mass is 10.2. The second-order valence-electron chi connectivity index (χ2n) is 3.84. The van der Waals surface area contributed by atoms with Crippen LogP contribution in [0.25, 0.3) is 0 Å². The molecular formula is C13H9Cl3FNO. The Bertz CT molecular complexity index is 619. The molecule has 6 heteroatoms. The van der Waals surface area contributed by atoms with Crippen molar-refractivity contribution in [3.63, 3.8) is 0 Å². The van der Waals surface area contributed by atoms with Crippen LogP contribution in [0.3, 0.4) is 0 Å². The van der Waals surface area contributed by atoms with Crippen molar-refractivity contribution in [2.24, 2.45) is 0 Å². The van der Waals surface area contributed by atoms with Crippen LogP contribution in [-0.4, -0.2) is 5.11 Å². The van der Waals surface area contributed by atoms with Gasteiger partial charge in [0.2, 0.25) is 0 Å². The third-order valence-electron chi connectivity index (χ3n) is 2.56. The Balaban J connectivity index is 2.19. The van der Waals surface area contributed by atoms with E-state index in [9.17, 15) is 4.39 Å². The van der Waals surface area contributed by atoms with Crippen molar-refractivity contribution in [1.82, 2.24) is 0 Å². The second-order valence-corrected chi connectivity index (χ2v) is 5.03. The largest absolute Gasteiger partial charge is 0.505 e. The average molecular weight is 321 g/mol. The van der Waals surface area contributed by atoms with E-state index in [0.717, 1.165) is 0 Å². The molecule has 0 atom stereocenters. The van der Waals surface area contributed by atoms with Crippen LogP contribution in [-0.2, 0) is 6.54 Å². The first-order chi connectivity index (χ1) is 8.99. The van der Waals surface area contributed by atoms with E-state index < -0.39 is 11.6 Å². The molecule has 0 aromatic heterocycles. The highest BCUT2D eigenvalue weighted by Gasteiger charge is 2.10. The van der Waals surface area contributed by atoms with E-state index in [2.05, 4.69) is 5.32 Å². The number of hydrogen-bond acceptors (Lipinski definition) is 2. The van der Waals surface area contributed by atoms with Gasteiger partial charge in [-0.3, -0.25) is 0 Å². The number of phenolic OH excluding ortho intramolecular Hbond substituents is 1. The molecule has 100 valence electrons. The van der Waals surface area contributed by atoms with Crippen LogP contribution in [0.4, 0.5) is 10.1 Å². The van der Waals surface area contributed by atoms with Gasteiger partial charge in [0, 0.05) is 28.9 Å². The summed E-state index contributed by atoms with van der Waals surface area (Å²) in [6, 6.07) is 7.24. The summed E-state index contributed by atoms with van der Waals surface area (Å²) in [5, 5.41) is 13.3. The summed E-state index contributed by atoms with van der Waals surface area (Å²) in [5.74, 6) is -1.10. The van der Waals surface area contributed by atoms with Gasteiger partial charge in [-0.05, 0) is 24.3 Å². The highest BCUT2D eigenvalue weighted by Crippen LogP contribution is 2.32. The van der Waals surface area contributed by atoms with Gasteiger partial charge in [0.1, 0.15) is 0 Å². The van der Waals surface area contributed by atoms with Crippen molar-refractivity contribution in [3.8, 4) is 5.75 Å². The molecule has 0 saturated heterocycles. The minimum absolute atomic E-state index is 0.294. The molecule has 0 heterocycles. The number of aromatic hydroxyl groups is 1. The summed E-state index contributed by atoms with van der Waals surface area (Å²) in [7, 11) is 0. The SMILES string of the molecule is Oc1ccc(NCc2c(Cl)ccc(Cl)c2Cl)cc1F. The predicted molar refractivity (Wildman–Crippen MR) is 76.9 cm³/mol. The van der Waals surface area contributed by atoms with Gasteiger partial charge in [-0.15, -0.1) is 0 Å². The van der Waals surface area contributed by atoms with Crippen LogP contribution in [0.5, 0.6) is 5.75 Å². The number of benzene rings is 2. The molecule has 0 radical (unpaired) electrons. The Morgan fingerprint density at radius 2 is 1.74 bits per heavy atom. The molecule has 0 aliphatic carbocycles. The third-order valence-corrected chi connectivity index (χ3v) is 3.75. The number of phenols is 1. The zero-order chi connectivity index (χ0) is 14.0. The first kappa shape index (κ1) is 14.3. The highest BCUT2D eigenvalue weighted by molar-refractivity contribution is 6.44. The first-order valence-electron chi connectivity index (χ1n) is 5.34. The Labute approximate surface area is 124 Å². The molecule has 0 fully saturated rings. The molecule has 2 rings (SSSR count). The van der Waals surface area contributed by atoms with Gasteiger partial charge in [0.05, 0.1) is 10.0 Å². The molecule has 0 spiro atoms. The predicted octanol–water partition coefficient (Wildman–Crippen LogP) is 5.10. The summed E-state index contributed by atoms with van der Waals surface area (Å²) in [4.78, 5) is 0. The van der Waals surface area contributed by atoms with Gasteiger partial charge in [-0.2, -0.15) is 0 Å². The molecule has 0 aliphatic heterocycles. The first-order valence-corrected chi connectivity index (χ1v) is 6.47. The van der Waals surface area contributed by atoms with E-state index in [1.807, 2.05) is 0 Å². The Morgan fingerprint density at radius 3 is 2.42 bits per heavy atom. The van der Waals surface area contributed by atoms with E-state index >= 15 is 0 Å². The highest BCUT2D eigenvalue weighted by atomic mass is 35.5. The molecule has 2 nitrogen and oxygen atoms in total. The van der Waals surface area contributed by atoms with Gasteiger partial charge in [0.25, 0.3) is 0 Å². The Hall–Kier alpha value is -1.16. The van der Waals surface area contributed by atoms with E-state index in [1.165, 1.54) is 12.1 Å². The summed E-state index contributed by atoms with van der Waals surface area (Å²) < 4.78 is 13.2. The molecule has 0 bridgehead atoms. The molecule has 19 heavy (non-hydrogen) atoms. The number of nitrogens with one attached hydrogen (secondary N) is 1. The molecule has 0 amide bonds. The van der Waals surface area contributed by atoms with Crippen LogP contribution in [0, 0.1) is 5.82 Å². The number of hydrogen-bond donors (Lipinski definition) is 2.